The van der Waals surface area contributed by atoms with Crippen molar-refractivity contribution in [2.75, 3.05) is 6.54 Å². The summed E-state index contributed by atoms with van der Waals surface area (Å²) in [6.07, 6.45) is 1.25. The molecule has 16 heavy (non-hydrogen) atoms. The van der Waals surface area contributed by atoms with E-state index in [4.69, 9.17) is 0 Å². The first-order valence-electron chi connectivity index (χ1n) is 6.26. The van der Waals surface area contributed by atoms with Crippen LogP contribution in [0.1, 0.15) is 69.7 Å². The molecule has 4 atom stereocenters. The smallest absolute Gasteiger partial charge is 0.00984 e. The highest BCUT2D eigenvalue weighted by Crippen LogP contribution is 2.33. The van der Waals surface area contributed by atoms with E-state index in [2.05, 4.69) is 53.4 Å². The Kier molecular flexibility index (Phi) is 13.5. The third-order valence-electron chi connectivity index (χ3n) is 3.76. The van der Waals surface area contributed by atoms with Crippen LogP contribution >= 0.6 is 0 Å². The number of hydrogen-bond acceptors (Lipinski definition) is 1. The molecule has 0 aromatic heterocycles. The second kappa shape index (κ2) is 10.1. The molecule has 102 valence electrons. The molecule has 1 aliphatic heterocycles. The molecule has 0 bridgehead atoms. The van der Waals surface area contributed by atoms with Gasteiger partial charge in [-0.15, -0.1) is 0 Å². The van der Waals surface area contributed by atoms with E-state index in [1.807, 2.05) is 0 Å². The van der Waals surface area contributed by atoms with Crippen molar-refractivity contribution in [3.8, 4) is 0 Å². The summed E-state index contributed by atoms with van der Waals surface area (Å²) in [5, 5.41) is 0. The fraction of sp³-hybridized carbons (Fsp3) is 1.00. The Morgan fingerprint density at radius 3 is 1.12 bits per heavy atom. The van der Waals surface area contributed by atoms with Crippen LogP contribution in [0, 0.1) is 11.8 Å². The maximum Gasteiger partial charge on any atom is 0.00984 e. The van der Waals surface area contributed by atoms with Gasteiger partial charge in [-0.2, -0.15) is 0 Å². The number of hydrogen-bond donors (Lipinski definition) is 0. The molecule has 0 aromatic rings. The van der Waals surface area contributed by atoms with E-state index in [0.29, 0.717) is 0 Å². The summed E-state index contributed by atoms with van der Waals surface area (Å²) >= 11 is 0. The SMILES string of the molecule is C.C.CCC.CCN1C(C)C(C)C(C)C1C. The van der Waals surface area contributed by atoms with E-state index in [9.17, 15) is 0 Å². The summed E-state index contributed by atoms with van der Waals surface area (Å²) in [4.78, 5) is 2.61. The van der Waals surface area contributed by atoms with E-state index >= 15 is 0 Å². The third-order valence-corrected chi connectivity index (χ3v) is 3.76. The van der Waals surface area contributed by atoms with Crippen molar-refractivity contribution in [2.45, 2.75) is 81.8 Å². The zero-order valence-corrected chi connectivity index (χ0v) is 11.2. The fourth-order valence-electron chi connectivity index (χ4n) is 2.43. The van der Waals surface area contributed by atoms with Crippen molar-refractivity contribution in [2.24, 2.45) is 11.8 Å². The molecule has 0 N–H and O–H groups in total. The first-order chi connectivity index (χ1) is 6.51. The Bertz CT molecular complexity index is 130. The zero-order valence-electron chi connectivity index (χ0n) is 11.2. The molecule has 1 rings (SSSR count). The minimum Gasteiger partial charge on any atom is -0.298 e. The summed E-state index contributed by atoms with van der Waals surface area (Å²) in [6, 6.07) is 1.56. The molecule has 0 aliphatic carbocycles. The van der Waals surface area contributed by atoms with Crippen molar-refractivity contribution in [3.05, 3.63) is 0 Å². The maximum atomic E-state index is 2.61. The Hall–Kier alpha value is -0.0400. The van der Waals surface area contributed by atoms with Gasteiger partial charge in [-0.25, -0.2) is 0 Å². The van der Waals surface area contributed by atoms with Crippen LogP contribution in [0.3, 0.4) is 0 Å². The van der Waals surface area contributed by atoms with Gasteiger partial charge in [0.15, 0.2) is 0 Å². The molecule has 4 unspecified atom stereocenters. The monoisotopic (exact) mass is 231 g/mol. The molecule has 1 aliphatic rings. The molecule has 0 radical (unpaired) electrons. The molecule has 1 heteroatoms. The Balaban J connectivity index is -0.000000306. The predicted molar refractivity (Wildman–Crippen MR) is 79.1 cm³/mol. The highest BCUT2D eigenvalue weighted by atomic mass is 15.2. The topological polar surface area (TPSA) is 3.24 Å². The van der Waals surface area contributed by atoms with Crippen LogP contribution in [-0.4, -0.2) is 23.5 Å². The lowest BCUT2D eigenvalue weighted by Gasteiger charge is -2.25. The lowest BCUT2D eigenvalue weighted by Crippen LogP contribution is -2.34. The molecule has 1 fully saturated rings. The minimum absolute atomic E-state index is 0. The Morgan fingerprint density at radius 1 is 0.750 bits per heavy atom. The van der Waals surface area contributed by atoms with E-state index < -0.39 is 0 Å². The summed E-state index contributed by atoms with van der Waals surface area (Å²) < 4.78 is 0. The summed E-state index contributed by atoms with van der Waals surface area (Å²) in [7, 11) is 0. The van der Waals surface area contributed by atoms with E-state index in [-0.39, 0.29) is 14.9 Å². The quantitative estimate of drug-likeness (QED) is 0.610. The first-order valence-corrected chi connectivity index (χ1v) is 6.26. The molecular weight excluding hydrogens is 194 g/mol. The van der Waals surface area contributed by atoms with Crippen LogP contribution in [-0.2, 0) is 0 Å². The van der Waals surface area contributed by atoms with Gasteiger partial charge in [-0.3, -0.25) is 4.90 Å². The Labute approximate surface area is 106 Å². The molecule has 0 spiro atoms. The van der Waals surface area contributed by atoms with Crippen molar-refractivity contribution >= 4 is 0 Å². The third kappa shape index (κ3) is 4.86. The van der Waals surface area contributed by atoms with Crippen LogP contribution in [0.15, 0.2) is 0 Å². The molecule has 0 amide bonds. The lowest BCUT2D eigenvalue weighted by atomic mass is 9.92. The number of nitrogens with zero attached hydrogens (tertiary/aromatic N) is 1. The van der Waals surface area contributed by atoms with Crippen LogP contribution in [0.5, 0.6) is 0 Å². The molecule has 1 nitrogen and oxygen atoms in total. The Morgan fingerprint density at radius 2 is 1.00 bits per heavy atom. The van der Waals surface area contributed by atoms with Gasteiger partial charge in [-0.1, -0.05) is 55.9 Å². The average Bonchev–Trinajstić information content (AvgIpc) is 2.33. The van der Waals surface area contributed by atoms with E-state index in [0.717, 1.165) is 23.9 Å². The van der Waals surface area contributed by atoms with Crippen LogP contribution < -0.4 is 0 Å². The van der Waals surface area contributed by atoms with Crippen molar-refractivity contribution < 1.29 is 0 Å². The van der Waals surface area contributed by atoms with Crippen LogP contribution in [0.25, 0.3) is 0 Å². The molecule has 1 heterocycles. The van der Waals surface area contributed by atoms with Gasteiger partial charge in [0, 0.05) is 12.1 Å². The van der Waals surface area contributed by atoms with Crippen LogP contribution in [0.4, 0.5) is 0 Å². The van der Waals surface area contributed by atoms with Gasteiger partial charge < -0.3 is 0 Å². The molecule has 0 aromatic carbocycles. The predicted octanol–water partition coefficient (Wildman–Crippen LogP) is 5.06. The highest BCUT2D eigenvalue weighted by Gasteiger charge is 2.37. The van der Waals surface area contributed by atoms with Gasteiger partial charge in [0.2, 0.25) is 0 Å². The first kappa shape index (κ1) is 21.3. The van der Waals surface area contributed by atoms with Crippen molar-refractivity contribution in [1.82, 2.24) is 4.90 Å². The average molecular weight is 231 g/mol. The van der Waals surface area contributed by atoms with Gasteiger partial charge >= 0.3 is 0 Å². The van der Waals surface area contributed by atoms with Crippen molar-refractivity contribution in [3.63, 3.8) is 0 Å². The fourth-order valence-corrected chi connectivity index (χ4v) is 2.43. The van der Waals surface area contributed by atoms with Crippen molar-refractivity contribution in [1.29, 1.82) is 0 Å². The van der Waals surface area contributed by atoms with Gasteiger partial charge in [0.25, 0.3) is 0 Å². The maximum absolute atomic E-state index is 2.61. The second-order valence-corrected chi connectivity index (χ2v) is 4.74. The number of rotatable bonds is 1. The number of likely N-dealkylation sites (tertiary alicyclic amines) is 1. The lowest BCUT2D eigenvalue weighted by molar-refractivity contribution is 0.209. The van der Waals surface area contributed by atoms with E-state index in [1.165, 1.54) is 13.0 Å². The molecule has 1 saturated heterocycles. The van der Waals surface area contributed by atoms with E-state index in [1.54, 1.807) is 0 Å². The summed E-state index contributed by atoms with van der Waals surface area (Å²) in [6.45, 7) is 17.2. The normalized spacial score (nSPS) is 33.2. The highest BCUT2D eigenvalue weighted by molar-refractivity contribution is 4.91. The second-order valence-electron chi connectivity index (χ2n) is 4.74. The van der Waals surface area contributed by atoms with Crippen LogP contribution in [0.2, 0.25) is 0 Å². The minimum atomic E-state index is 0. The summed E-state index contributed by atoms with van der Waals surface area (Å²) in [5.41, 5.74) is 0. The van der Waals surface area contributed by atoms with Gasteiger partial charge in [0.05, 0.1) is 0 Å². The summed E-state index contributed by atoms with van der Waals surface area (Å²) in [5.74, 6) is 1.73. The van der Waals surface area contributed by atoms with Gasteiger partial charge in [0.1, 0.15) is 0 Å². The largest absolute Gasteiger partial charge is 0.298 e. The molecule has 0 saturated carbocycles. The zero-order chi connectivity index (χ0) is 11.3. The standard InChI is InChI=1S/C10H21N.C3H8.2CH4/c1-6-11-9(4)7(2)8(3)10(11)5;1-3-2;;/h7-10H,6H2,1-5H3;3H2,1-2H3;2*1H4. The van der Waals surface area contributed by atoms with Gasteiger partial charge in [-0.05, 0) is 32.2 Å². The molecular formula is C15H37N.